The van der Waals surface area contributed by atoms with Gasteiger partial charge in [0.05, 0.1) is 0 Å². The lowest BCUT2D eigenvalue weighted by atomic mass is 9.77. The molecule has 0 saturated heterocycles. The molecule has 4 heterocycles. The van der Waals surface area contributed by atoms with Gasteiger partial charge < -0.3 is 14.2 Å². The zero-order valence-electron chi connectivity index (χ0n) is 19.9. The van der Waals surface area contributed by atoms with Crippen LogP contribution in [0.25, 0.3) is 0 Å². The normalized spacial score (nSPS) is 23.0. The molecule has 4 aromatic rings. The average Bonchev–Trinajstić information content (AvgIpc) is 3.57. The van der Waals surface area contributed by atoms with Crippen molar-refractivity contribution in [2.45, 2.75) is 25.4 Å². The summed E-state index contributed by atoms with van der Waals surface area (Å²) in [4.78, 5) is 19.4. The molecule has 2 unspecified atom stereocenters. The molecule has 36 heavy (non-hydrogen) atoms. The topological polar surface area (TPSA) is 57.7 Å². The highest BCUT2D eigenvalue weighted by atomic mass is 16.7. The van der Waals surface area contributed by atoms with Gasteiger partial charge in [0.15, 0.2) is 16.9 Å². The fourth-order valence-corrected chi connectivity index (χ4v) is 6.02. The Labute approximate surface area is 209 Å². The fraction of sp³-hybridized carbons (Fsp3) is 0.200. The van der Waals surface area contributed by atoms with E-state index < -0.39 is 5.41 Å². The number of pyridine rings is 1. The molecule has 0 N–H and O–H groups in total. The van der Waals surface area contributed by atoms with Crippen molar-refractivity contribution >= 4 is 11.6 Å². The number of hydrogen-bond donors (Lipinski definition) is 0. The molecular weight excluding hydrogens is 452 g/mol. The summed E-state index contributed by atoms with van der Waals surface area (Å²) >= 11 is 0. The van der Waals surface area contributed by atoms with Crippen LogP contribution in [0.2, 0.25) is 0 Å². The van der Waals surface area contributed by atoms with E-state index in [4.69, 9.17) is 14.2 Å². The highest BCUT2D eigenvalue weighted by Crippen LogP contribution is 2.58. The Balaban J connectivity index is 1.46. The van der Waals surface area contributed by atoms with Crippen molar-refractivity contribution in [1.29, 1.82) is 0 Å². The summed E-state index contributed by atoms with van der Waals surface area (Å²) in [5.41, 5.74) is 5.21. The van der Waals surface area contributed by atoms with Gasteiger partial charge in [-0.1, -0.05) is 54.1 Å². The van der Waals surface area contributed by atoms with Gasteiger partial charge in [-0.25, -0.2) is 9.28 Å². The van der Waals surface area contributed by atoms with Crippen LogP contribution in [0.4, 0.5) is 5.69 Å². The van der Waals surface area contributed by atoms with Crippen molar-refractivity contribution in [2.75, 3.05) is 13.4 Å². The second kappa shape index (κ2) is 7.67. The number of hydrogen-bond acceptors (Lipinski definition) is 5. The Kier molecular flexibility index (Phi) is 4.51. The molecular formula is C30H25N2O4+. The van der Waals surface area contributed by atoms with Gasteiger partial charge in [-0.3, -0.25) is 4.98 Å². The van der Waals surface area contributed by atoms with Crippen molar-refractivity contribution in [1.82, 2.24) is 9.47 Å². The van der Waals surface area contributed by atoms with Crippen LogP contribution in [0.15, 0.2) is 85.2 Å². The Morgan fingerprint density at radius 1 is 0.833 bits per heavy atom. The van der Waals surface area contributed by atoms with E-state index in [-0.39, 0.29) is 23.8 Å². The van der Waals surface area contributed by atoms with E-state index in [0.29, 0.717) is 30.3 Å². The largest absolute Gasteiger partial charge is 0.491 e. The Morgan fingerprint density at radius 2 is 1.61 bits per heavy atom. The number of rotatable bonds is 4. The quantitative estimate of drug-likeness (QED) is 0.385. The highest BCUT2D eigenvalue weighted by molar-refractivity contribution is 6.08. The summed E-state index contributed by atoms with van der Waals surface area (Å²) in [7, 11) is 0. The molecule has 6 nitrogen and oxygen atoms in total. The predicted octanol–water partition coefficient (Wildman–Crippen LogP) is 5.05. The number of fused-ring (bicyclic) bond motifs is 5. The minimum absolute atomic E-state index is 0.103. The number of aromatic nitrogens is 1. The summed E-state index contributed by atoms with van der Waals surface area (Å²) < 4.78 is 17.7. The van der Waals surface area contributed by atoms with E-state index in [9.17, 15) is 0 Å². The van der Waals surface area contributed by atoms with Crippen LogP contribution >= 0.6 is 0 Å². The van der Waals surface area contributed by atoms with E-state index in [1.807, 2.05) is 42.6 Å². The third-order valence-corrected chi connectivity index (χ3v) is 7.71. The van der Waals surface area contributed by atoms with E-state index in [2.05, 4.69) is 48.3 Å². The second-order valence-corrected chi connectivity index (χ2v) is 9.85. The van der Waals surface area contributed by atoms with Crippen molar-refractivity contribution in [2.24, 2.45) is 0 Å². The number of benzene rings is 3. The van der Waals surface area contributed by atoms with Gasteiger partial charge in [-0.05, 0) is 25.1 Å². The first-order valence-electron chi connectivity index (χ1n) is 12.1. The molecule has 1 aromatic heterocycles. The van der Waals surface area contributed by atoms with Gasteiger partial charge in [-0.2, -0.15) is 0 Å². The van der Waals surface area contributed by atoms with Crippen LogP contribution in [0.5, 0.6) is 17.2 Å². The Bertz CT molecular complexity index is 1500. The maximum atomic E-state index is 15.0. The van der Waals surface area contributed by atoms with E-state index >= 15 is 4.79 Å². The van der Waals surface area contributed by atoms with Crippen LogP contribution in [0.3, 0.4) is 0 Å². The second-order valence-electron chi connectivity index (χ2n) is 9.85. The van der Waals surface area contributed by atoms with Gasteiger partial charge in [-0.15, -0.1) is 0 Å². The summed E-state index contributed by atoms with van der Waals surface area (Å²) in [6.07, 6.45) is 3.62. The number of ether oxygens (including phenoxy) is 3. The third-order valence-electron chi connectivity index (χ3n) is 7.71. The minimum atomic E-state index is -0.931. The first-order valence-corrected chi connectivity index (χ1v) is 12.1. The SMILES string of the molecule is Cc1ccc(C[N+]2(Cc3cccnc3)C(=O)C3(COc4cc5c(cc43)OCO5)c3ccccc32)cc1. The van der Waals surface area contributed by atoms with Crippen molar-refractivity contribution in [3.8, 4) is 17.2 Å². The molecule has 0 aliphatic carbocycles. The van der Waals surface area contributed by atoms with Gasteiger partial charge in [0, 0.05) is 40.7 Å². The zero-order chi connectivity index (χ0) is 24.3. The molecule has 3 aliphatic heterocycles. The number of carbonyl (C=O) groups excluding carboxylic acids is 1. The molecule has 3 aromatic carbocycles. The van der Waals surface area contributed by atoms with Gasteiger partial charge in [0.2, 0.25) is 6.79 Å². The first kappa shape index (κ1) is 21.1. The fourth-order valence-electron chi connectivity index (χ4n) is 6.02. The van der Waals surface area contributed by atoms with Gasteiger partial charge >= 0.3 is 5.91 Å². The van der Waals surface area contributed by atoms with Gasteiger partial charge in [0.25, 0.3) is 0 Å². The summed E-state index contributed by atoms with van der Waals surface area (Å²) in [5.74, 6) is 2.09. The lowest BCUT2D eigenvalue weighted by Gasteiger charge is -2.34. The molecule has 178 valence electrons. The standard InChI is InChI=1S/C30H25N2O4/c1-20-8-10-21(11-9-20)16-32(17-22-5-4-12-31-15-22)25-7-3-2-6-23(25)30(29(32)33)18-34-26-14-28-27(13-24(26)30)35-19-36-28/h2-15H,16-19H2,1H3/q+1. The van der Waals surface area contributed by atoms with Crippen molar-refractivity contribution < 1.29 is 19.0 Å². The van der Waals surface area contributed by atoms with E-state index in [1.165, 1.54) is 5.56 Å². The predicted molar refractivity (Wildman–Crippen MR) is 135 cm³/mol. The molecule has 1 amide bonds. The molecule has 6 heteroatoms. The molecule has 0 saturated carbocycles. The van der Waals surface area contributed by atoms with Crippen molar-refractivity contribution in [3.05, 3.63) is 113 Å². The Hall–Kier alpha value is -4.16. The average molecular weight is 478 g/mol. The summed E-state index contributed by atoms with van der Waals surface area (Å²) in [6, 6.07) is 24.4. The molecule has 1 spiro atoms. The lowest BCUT2D eigenvalue weighted by molar-refractivity contribution is -0.134. The minimum Gasteiger partial charge on any atom is -0.491 e. The molecule has 3 aliphatic rings. The van der Waals surface area contributed by atoms with E-state index in [1.54, 1.807) is 6.20 Å². The molecule has 0 fully saturated rings. The molecule has 7 rings (SSSR count). The number of aryl methyl sites for hydroxylation is 1. The monoisotopic (exact) mass is 477 g/mol. The van der Waals surface area contributed by atoms with Crippen LogP contribution in [0, 0.1) is 6.92 Å². The highest BCUT2D eigenvalue weighted by Gasteiger charge is 2.66. The molecule has 0 bridgehead atoms. The number of amides is 1. The number of quaternary nitrogens is 1. The van der Waals surface area contributed by atoms with Crippen LogP contribution in [-0.4, -0.2) is 24.3 Å². The maximum absolute atomic E-state index is 15.0. The first-order chi connectivity index (χ1) is 17.6. The Morgan fingerprint density at radius 3 is 2.42 bits per heavy atom. The smallest absolute Gasteiger partial charge is 0.338 e. The number of para-hydroxylation sites is 1. The summed E-state index contributed by atoms with van der Waals surface area (Å²) in [6.45, 7) is 3.53. The summed E-state index contributed by atoms with van der Waals surface area (Å²) in [5, 5.41) is 0. The number of carbonyl (C=O) groups is 1. The number of nitrogens with zero attached hydrogens (tertiary/aromatic N) is 2. The lowest BCUT2D eigenvalue weighted by Crippen LogP contribution is -2.56. The van der Waals surface area contributed by atoms with Crippen LogP contribution in [0.1, 0.15) is 27.8 Å². The van der Waals surface area contributed by atoms with E-state index in [0.717, 1.165) is 27.9 Å². The van der Waals surface area contributed by atoms with Crippen molar-refractivity contribution in [3.63, 3.8) is 0 Å². The zero-order valence-corrected chi connectivity index (χ0v) is 19.9. The van der Waals surface area contributed by atoms with Crippen LogP contribution < -0.4 is 18.7 Å². The van der Waals surface area contributed by atoms with Gasteiger partial charge in [0.1, 0.15) is 31.1 Å². The molecule has 2 atom stereocenters. The maximum Gasteiger partial charge on any atom is 0.338 e. The van der Waals surface area contributed by atoms with Crippen LogP contribution in [-0.2, 0) is 23.3 Å². The molecule has 0 radical (unpaired) electrons. The third kappa shape index (κ3) is 2.88.